The molecule has 7 rings (SSSR count). The topological polar surface area (TPSA) is 359 Å². The van der Waals surface area contributed by atoms with E-state index < -0.39 is 93.8 Å². The van der Waals surface area contributed by atoms with Gasteiger partial charge in [0.2, 0.25) is 5.91 Å². The Labute approximate surface area is 441 Å². The molecule has 3 saturated heterocycles. The molecule has 7 heterocycles. The minimum atomic E-state index is -4.39. The van der Waals surface area contributed by atoms with Crippen molar-refractivity contribution in [2.75, 3.05) is 97.3 Å². The predicted molar refractivity (Wildman–Crippen MR) is 263 cm³/mol. The zero-order valence-electron chi connectivity index (χ0n) is 40.9. The van der Waals surface area contributed by atoms with Gasteiger partial charge < -0.3 is 67.7 Å². The molecule has 3 fully saturated rings. The molecule has 4 aromatic rings. The Morgan fingerprint density at radius 1 is 0.776 bits per heavy atom. The van der Waals surface area contributed by atoms with Gasteiger partial charge in [0.05, 0.1) is 91.0 Å². The van der Waals surface area contributed by atoms with Gasteiger partial charge >= 0.3 is 25.5 Å². The molecule has 420 valence electrons. The van der Waals surface area contributed by atoms with Crippen molar-refractivity contribution >= 4 is 94.8 Å². The van der Waals surface area contributed by atoms with Gasteiger partial charge in [0.15, 0.2) is 53.2 Å². The van der Waals surface area contributed by atoms with Gasteiger partial charge in [-0.15, -0.1) is 0 Å². The lowest BCUT2D eigenvalue weighted by molar-refractivity contribution is -0.143. The van der Waals surface area contributed by atoms with Gasteiger partial charge in [-0.25, -0.2) is 43.5 Å². The number of Topliss-reactive ketones (excluding diaryl/α,β-unsaturated/α-hetero) is 1. The molecule has 76 heavy (non-hydrogen) atoms. The first kappa shape index (κ1) is 59.1. The first-order valence-electron chi connectivity index (χ1n) is 23.6. The summed E-state index contributed by atoms with van der Waals surface area (Å²) in [4.78, 5) is 96.3. The van der Waals surface area contributed by atoms with Crippen molar-refractivity contribution < 1.29 is 94.1 Å². The number of carbonyl (C=O) groups is 4. The van der Waals surface area contributed by atoms with Crippen LogP contribution in [0.15, 0.2) is 25.3 Å². The number of carbonyl (C=O) groups excluding carboxylic acids is 3. The highest BCUT2D eigenvalue weighted by Gasteiger charge is 2.54. The molecular weight excluding hydrogens is 1100 g/mol. The minimum Gasteiger partial charge on any atom is -0.481 e. The van der Waals surface area contributed by atoms with E-state index in [1.165, 1.54) is 29.8 Å². The number of nitrogen functional groups attached to an aromatic ring is 1. The average Bonchev–Trinajstić information content (AvgIpc) is 4.15. The SMILES string of the molecule is CC(CC(=O)CCCOCCOCCOCCOCCC(=O)N(C)CCOC(=O)Nc1ncnc2c1ncn2[C@@H]1O[C@@H]2COP(O)(=S)O[C@H]3[C@@H](F)[C@H](n4cnc5c(N)ncnc54)O[C@@H]3COP(O)(=S)O[C@H]2[C@H]1F)C(=O)O. The number of nitrogens with zero attached hydrogens (tertiary/aromatic N) is 9. The molecule has 2 amide bonds. The number of carboxylic acid groups (broad SMARTS) is 1. The summed E-state index contributed by atoms with van der Waals surface area (Å²) in [6, 6.07) is 0. The lowest BCUT2D eigenvalue weighted by Crippen LogP contribution is -2.37. The molecule has 29 nitrogen and oxygen atoms in total. The van der Waals surface area contributed by atoms with E-state index in [2.05, 4.69) is 35.2 Å². The molecule has 0 radical (unpaired) electrons. The summed E-state index contributed by atoms with van der Waals surface area (Å²) in [5.74, 6) is -2.17. The fraction of sp³-hybridized carbons (Fsp3) is 0.659. The van der Waals surface area contributed by atoms with E-state index in [1.54, 1.807) is 0 Å². The van der Waals surface area contributed by atoms with Crippen LogP contribution in [0.2, 0.25) is 0 Å². The van der Waals surface area contributed by atoms with Crippen LogP contribution >= 0.6 is 13.4 Å². The molecule has 0 bridgehead atoms. The maximum atomic E-state index is 16.6. The molecule has 11 atom stereocenters. The maximum Gasteiger partial charge on any atom is 0.412 e. The monoisotopic (exact) mass is 1160 g/mol. The van der Waals surface area contributed by atoms with Gasteiger partial charge in [0, 0.05) is 26.5 Å². The molecule has 3 aliphatic rings. The molecule has 6 N–H and O–H groups in total. The number of hydrogen-bond donors (Lipinski definition) is 5. The van der Waals surface area contributed by atoms with Gasteiger partial charge in [0.1, 0.15) is 55.0 Å². The third kappa shape index (κ3) is 15.8. The van der Waals surface area contributed by atoms with Gasteiger partial charge in [-0.05, 0) is 30.0 Å². The second-order valence-electron chi connectivity index (χ2n) is 17.2. The summed E-state index contributed by atoms with van der Waals surface area (Å²) in [7, 11) is 1.53. The Balaban J connectivity index is 0.810. The van der Waals surface area contributed by atoms with Crippen LogP contribution in [0.5, 0.6) is 0 Å². The number of aromatic nitrogens is 8. The second-order valence-corrected chi connectivity index (χ2v) is 22.8. The van der Waals surface area contributed by atoms with E-state index in [0.29, 0.717) is 39.5 Å². The van der Waals surface area contributed by atoms with Crippen LogP contribution in [0.4, 0.5) is 25.2 Å². The zero-order valence-corrected chi connectivity index (χ0v) is 44.3. The van der Waals surface area contributed by atoms with E-state index in [-0.39, 0.29) is 97.9 Å². The molecule has 0 saturated carbocycles. The van der Waals surface area contributed by atoms with Gasteiger partial charge in [-0.3, -0.25) is 37.9 Å². The largest absolute Gasteiger partial charge is 0.481 e. The van der Waals surface area contributed by atoms with Crippen LogP contribution in [0.3, 0.4) is 0 Å². The number of nitrogens with one attached hydrogen (secondary N) is 1. The van der Waals surface area contributed by atoms with E-state index in [0.717, 1.165) is 23.5 Å². The fourth-order valence-electron chi connectivity index (χ4n) is 7.79. The number of fused-ring (bicyclic) bond motifs is 4. The highest BCUT2D eigenvalue weighted by molar-refractivity contribution is 8.07. The van der Waals surface area contributed by atoms with Crippen molar-refractivity contribution in [3.8, 4) is 0 Å². The summed E-state index contributed by atoms with van der Waals surface area (Å²) in [6.07, 6.45) is -9.03. The fourth-order valence-corrected chi connectivity index (χ4v) is 10.7. The summed E-state index contributed by atoms with van der Waals surface area (Å²) >= 11 is 10.5. The van der Waals surface area contributed by atoms with Crippen LogP contribution in [0, 0.1) is 5.92 Å². The Morgan fingerprint density at radius 2 is 1.29 bits per heavy atom. The third-order valence-electron chi connectivity index (χ3n) is 11.7. The summed E-state index contributed by atoms with van der Waals surface area (Å²) < 4.78 is 96.5. The number of nitrogens with two attached hydrogens (primary N) is 1. The number of aliphatic carboxylic acids is 1. The number of carboxylic acids is 1. The molecule has 3 unspecified atom stereocenters. The number of ketones is 1. The Morgan fingerprint density at radius 3 is 1.86 bits per heavy atom. The molecule has 0 aliphatic carbocycles. The van der Waals surface area contributed by atoms with Crippen molar-refractivity contribution in [2.24, 2.45) is 5.92 Å². The normalized spacial score (nSPS) is 27.3. The maximum absolute atomic E-state index is 16.6. The zero-order chi connectivity index (χ0) is 54.6. The lowest BCUT2D eigenvalue weighted by atomic mass is 10.0. The number of ether oxygens (including phenoxy) is 7. The van der Waals surface area contributed by atoms with Crippen LogP contribution in [-0.4, -0.2) is 206 Å². The number of halogens is 2. The first-order valence-corrected chi connectivity index (χ1v) is 28.7. The third-order valence-corrected chi connectivity index (χ3v) is 14.8. The highest BCUT2D eigenvalue weighted by Crippen LogP contribution is 2.54. The van der Waals surface area contributed by atoms with Crippen molar-refractivity contribution in [3.05, 3.63) is 25.3 Å². The summed E-state index contributed by atoms with van der Waals surface area (Å²) in [5.41, 5.74) is 6.13. The Kier molecular flexibility index (Phi) is 21.3. The molecular formula is C41H57F2N11O18P2S2. The summed E-state index contributed by atoms with van der Waals surface area (Å²) in [6.45, 7) is -6.47. The molecule has 4 aromatic heterocycles. The van der Waals surface area contributed by atoms with Crippen LogP contribution < -0.4 is 11.1 Å². The highest BCUT2D eigenvalue weighted by atomic mass is 32.5. The molecule has 3 aliphatic heterocycles. The number of rotatable bonds is 25. The summed E-state index contributed by atoms with van der Waals surface area (Å²) in [5, 5.41) is 11.3. The Bertz CT molecular complexity index is 2740. The van der Waals surface area contributed by atoms with Crippen LogP contribution in [0.1, 0.15) is 45.1 Å². The van der Waals surface area contributed by atoms with Crippen molar-refractivity contribution in [3.63, 3.8) is 0 Å². The van der Waals surface area contributed by atoms with E-state index in [4.69, 9.17) is 85.7 Å². The van der Waals surface area contributed by atoms with E-state index in [1.807, 2.05) is 0 Å². The Hall–Kier alpha value is -4.54. The minimum absolute atomic E-state index is 0.00776. The molecule has 35 heteroatoms. The number of alkyl halides is 2. The second kappa shape index (κ2) is 27.4. The van der Waals surface area contributed by atoms with Gasteiger partial charge in [-0.2, -0.15) is 0 Å². The van der Waals surface area contributed by atoms with Crippen LogP contribution in [-0.2, 0) is 89.3 Å². The number of imidazole rings is 2. The predicted octanol–water partition coefficient (Wildman–Crippen LogP) is 1.89. The molecule has 0 spiro atoms. The quantitative estimate of drug-likeness (QED) is 0.0467. The molecule has 0 aromatic carbocycles. The van der Waals surface area contributed by atoms with Gasteiger partial charge in [0.25, 0.3) is 0 Å². The smallest absolute Gasteiger partial charge is 0.412 e. The van der Waals surface area contributed by atoms with Crippen molar-refractivity contribution in [2.45, 2.75) is 81.8 Å². The number of amides is 2. The number of likely N-dealkylation sites (N-methyl/N-ethyl adjacent to an activating group) is 1. The van der Waals surface area contributed by atoms with Crippen LogP contribution in [0.25, 0.3) is 22.3 Å². The number of anilines is 2. The first-order chi connectivity index (χ1) is 36.3. The lowest BCUT2D eigenvalue weighted by Gasteiger charge is -2.29. The standard InChI is InChI=1S/C41H57F2N11O18P2S2/c1-23(40(57)58)16-24(55)4-3-7-62-10-12-64-14-15-65-13-11-63-8-5-27(56)52(2)6-9-66-41(59)51-35-31-37(48-20-46-35)54(22-50-31)39-29(43)33-26(70-39)18-68-73(60,75)71-32-25(17-67-74(61,76)72-33)69-38(28(32)42)53-21-49-30-34(44)45-19-47-36(30)53/h19-23,25-26,28-29,32-33,38-39H,3-18H2,1-2H3,(H,57,58)(H,60,75)(H,61,76)(H2,44,45,47)(H,46,48,51,59)/t23?,25-,26-,28-,29-,32-,33-,38-,39-,73?,74?/m1/s1. The van der Waals surface area contributed by atoms with Gasteiger partial charge in [-0.1, -0.05) is 6.92 Å². The van der Waals surface area contributed by atoms with E-state index in [9.17, 15) is 29.0 Å². The van der Waals surface area contributed by atoms with Crippen molar-refractivity contribution in [1.29, 1.82) is 0 Å². The van der Waals surface area contributed by atoms with E-state index >= 15 is 8.78 Å². The number of hydrogen-bond acceptors (Lipinski definition) is 24. The van der Waals surface area contributed by atoms with Crippen molar-refractivity contribution in [1.82, 2.24) is 43.9 Å². The average molecular weight is 1160 g/mol.